The number of carbonyl (C=O) groups excluding carboxylic acids is 1. The maximum atomic E-state index is 12.6. The molecule has 0 aliphatic carbocycles. The predicted molar refractivity (Wildman–Crippen MR) is 107 cm³/mol. The number of phenolic OH excluding ortho intramolecular Hbond substituents is 1. The van der Waals surface area contributed by atoms with Crippen molar-refractivity contribution in [2.45, 2.75) is 25.6 Å². The van der Waals surface area contributed by atoms with Gasteiger partial charge in [0.15, 0.2) is 29.1 Å². The molecule has 2 aromatic carbocycles. The number of carbonyl (C=O) groups is 1. The fourth-order valence-corrected chi connectivity index (χ4v) is 3.14. The first-order valence-corrected chi connectivity index (χ1v) is 9.52. The van der Waals surface area contributed by atoms with E-state index >= 15 is 0 Å². The summed E-state index contributed by atoms with van der Waals surface area (Å²) in [5.74, 6) is 1.31. The minimum Gasteiger partial charge on any atom is -0.504 e. The number of aliphatic hydroxyl groups excluding tert-OH is 1. The zero-order chi connectivity index (χ0) is 21.5. The molecule has 1 aliphatic heterocycles. The molecule has 9 nitrogen and oxygen atoms in total. The van der Waals surface area contributed by atoms with E-state index in [1.165, 1.54) is 13.2 Å². The highest BCUT2D eigenvalue weighted by molar-refractivity contribution is 5.85. The zero-order valence-corrected chi connectivity index (χ0v) is 16.8. The minimum absolute atomic E-state index is 0.0981. The van der Waals surface area contributed by atoms with E-state index in [4.69, 9.17) is 23.7 Å². The number of aliphatic hydroxyl groups is 1. The van der Waals surface area contributed by atoms with Gasteiger partial charge in [-0.3, -0.25) is 5.32 Å². The molecule has 0 fully saturated rings. The largest absolute Gasteiger partial charge is 0.504 e. The molecule has 1 amide bonds. The number of nitrogens with one attached hydrogen (secondary N) is 1. The molecule has 9 heteroatoms. The number of ether oxygens (including phenoxy) is 5. The molecule has 0 radical (unpaired) electrons. The van der Waals surface area contributed by atoms with Crippen LogP contribution in [-0.2, 0) is 9.47 Å². The Morgan fingerprint density at radius 2 is 2.00 bits per heavy atom. The smallest absolute Gasteiger partial charge is 0.412 e. The number of amides is 1. The Hall–Kier alpha value is -3.17. The van der Waals surface area contributed by atoms with Gasteiger partial charge in [0.25, 0.3) is 0 Å². The molecule has 0 bridgehead atoms. The van der Waals surface area contributed by atoms with Crippen molar-refractivity contribution in [2.24, 2.45) is 0 Å². The van der Waals surface area contributed by atoms with Gasteiger partial charge < -0.3 is 33.9 Å². The van der Waals surface area contributed by atoms with E-state index < -0.39 is 18.3 Å². The van der Waals surface area contributed by atoms with E-state index in [2.05, 4.69) is 5.32 Å². The van der Waals surface area contributed by atoms with Crippen LogP contribution in [0.25, 0.3) is 0 Å². The Labute approximate surface area is 174 Å². The summed E-state index contributed by atoms with van der Waals surface area (Å²) in [4.78, 5) is 12.6. The number of methoxy groups -OCH3 is 1. The average Bonchev–Trinajstić information content (AvgIpc) is 3.20. The van der Waals surface area contributed by atoms with Gasteiger partial charge >= 0.3 is 6.09 Å². The molecule has 3 rings (SSSR count). The van der Waals surface area contributed by atoms with Crippen molar-refractivity contribution in [3.63, 3.8) is 0 Å². The highest BCUT2D eigenvalue weighted by Crippen LogP contribution is 2.35. The van der Waals surface area contributed by atoms with Crippen LogP contribution < -0.4 is 19.5 Å². The molecule has 0 saturated heterocycles. The second kappa shape index (κ2) is 10.0. The van der Waals surface area contributed by atoms with E-state index in [1.54, 1.807) is 37.3 Å². The van der Waals surface area contributed by atoms with Crippen LogP contribution in [0.2, 0.25) is 0 Å². The zero-order valence-electron chi connectivity index (χ0n) is 16.8. The van der Waals surface area contributed by atoms with Gasteiger partial charge in [0.1, 0.15) is 6.10 Å². The van der Waals surface area contributed by atoms with Crippen molar-refractivity contribution < 1.29 is 38.7 Å². The lowest BCUT2D eigenvalue weighted by atomic mass is 10.0. The van der Waals surface area contributed by atoms with E-state index in [0.29, 0.717) is 29.4 Å². The normalized spacial score (nSPS) is 14.1. The molecule has 1 aliphatic rings. The number of fused-ring (bicyclic) bond motifs is 1. The first-order chi connectivity index (χ1) is 14.5. The van der Waals surface area contributed by atoms with Crippen LogP contribution in [0.15, 0.2) is 36.4 Å². The molecule has 0 saturated carbocycles. The summed E-state index contributed by atoms with van der Waals surface area (Å²) in [6, 6.07) is 9.66. The van der Waals surface area contributed by atoms with E-state index in [0.717, 1.165) is 0 Å². The van der Waals surface area contributed by atoms with Crippen molar-refractivity contribution in [1.82, 2.24) is 0 Å². The van der Waals surface area contributed by atoms with Crippen LogP contribution in [0.1, 0.15) is 25.0 Å². The Kier molecular flexibility index (Phi) is 7.21. The van der Waals surface area contributed by atoms with Gasteiger partial charge in [-0.2, -0.15) is 0 Å². The highest BCUT2D eigenvalue weighted by Gasteiger charge is 2.28. The molecule has 0 spiro atoms. The van der Waals surface area contributed by atoms with Crippen LogP contribution in [-0.4, -0.2) is 49.5 Å². The third-order valence-corrected chi connectivity index (χ3v) is 4.52. The monoisotopic (exact) mass is 419 g/mol. The van der Waals surface area contributed by atoms with Crippen molar-refractivity contribution in [3.8, 4) is 23.0 Å². The summed E-state index contributed by atoms with van der Waals surface area (Å²) in [7, 11) is 1.44. The minimum atomic E-state index is -0.872. The van der Waals surface area contributed by atoms with Crippen LogP contribution in [0.3, 0.4) is 0 Å². The fraction of sp³-hybridized carbons (Fsp3) is 0.381. The maximum Gasteiger partial charge on any atom is 0.412 e. The van der Waals surface area contributed by atoms with Gasteiger partial charge in [0.2, 0.25) is 6.79 Å². The van der Waals surface area contributed by atoms with Gasteiger partial charge in [0.05, 0.1) is 7.11 Å². The van der Waals surface area contributed by atoms with E-state index in [1.807, 2.05) is 0 Å². The number of hydrogen-bond donors (Lipinski definition) is 3. The molecule has 3 N–H and O–H groups in total. The van der Waals surface area contributed by atoms with Crippen LogP contribution in [0, 0.1) is 0 Å². The Morgan fingerprint density at radius 1 is 1.20 bits per heavy atom. The third kappa shape index (κ3) is 5.05. The lowest BCUT2D eigenvalue weighted by Crippen LogP contribution is -2.29. The van der Waals surface area contributed by atoms with Gasteiger partial charge in [-0.15, -0.1) is 0 Å². The number of rotatable bonds is 9. The van der Waals surface area contributed by atoms with Gasteiger partial charge in [-0.1, -0.05) is 6.07 Å². The molecular weight excluding hydrogens is 394 g/mol. The lowest BCUT2D eigenvalue weighted by molar-refractivity contribution is -0.0484. The second-order valence-electron chi connectivity index (χ2n) is 6.46. The molecule has 162 valence electrons. The second-order valence-corrected chi connectivity index (χ2v) is 6.46. The van der Waals surface area contributed by atoms with Crippen LogP contribution in [0.5, 0.6) is 23.0 Å². The molecule has 30 heavy (non-hydrogen) atoms. The van der Waals surface area contributed by atoms with E-state index in [-0.39, 0.29) is 31.3 Å². The van der Waals surface area contributed by atoms with Gasteiger partial charge in [-0.05, 0) is 36.8 Å². The summed E-state index contributed by atoms with van der Waals surface area (Å²) in [6.45, 7) is 2.13. The van der Waals surface area contributed by atoms with Crippen molar-refractivity contribution in [1.29, 1.82) is 0 Å². The van der Waals surface area contributed by atoms with Crippen LogP contribution in [0.4, 0.5) is 10.5 Å². The Morgan fingerprint density at radius 3 is 2.70 bits per heavy atom. The molecule has 2 aromatic rings. The SMILES string of the molecule is CCO[C@H](CCO)[C@H](OC(=O)Nc1ccc2c(c1)OCO2)c1ccc(OC)c(O)c1. The standard InChI is InChI=1S/C21H25NO8/c1-3-27-18(8-9-23)20(13-4-6-16(26-2)15(24)10-13)30-21(25)22-14-5-7-17-19(11-14)29-12-28-17/h4-7,10-11,18,20,23-24H,3,8-9,12H2,1-2H3,(H,22,25)/t18-,20-/m1/s1. The van der Waals surface area contributed by atoms with Crippen LogP contribution >= 0.6 is 0 Å². The molecule has 1 heterocycles. The first-order valence-electron chi connectivity index (χ1n) is 9.52. The lowest BCUT2D eigenvalue weighted by Gasteiger charge is -2.27. The summed E-state index contributed by atoms with van der Waals surface area (Å²) in [5, 5.41) is 22.2. The predicted octanol–water partition coefficient (Wildman–Crippen LogP) is 3.21. The maximum absolute atomic E-state index is 12.6. The van der Waals surface area contributed by atoms with Crippen molar-refractivity contribution >= 4 is 11.8 Å². The van der Waals surface area contributed by atoms with Gasteiger partial charge in [0, 0.05) is 31.4 Å². The summed E-state index contributed by atoms with van der Waals surface area (Å²) >= 11 is 0. The topological polar surface area (TPSA) is 116 Å². The average molecular weight is 419 g/mol. The van der Waals surface area contributed by atoms with E-state index in [9.17, 15) is 15.0 Å². The Balaban J connectivity index is 1.80. The molecule has 0 unspecified atom stereocenters. The first kappa shape index (κ1) is 21.5. The molecule has 2 atom stereocenters. The molecular formula is C21H25NO8. The van der Waals surface area contributed by atoms with Crippen molar-refractivity contribution in [3.05, 3.63) is 42.0 Å². The quantitative estimate of drug-likeness (QED) is 0.568. The number of benzene rings is 2. The molecule has 0 aromatic heterocycles. The summed E-state index contributed by atoms with van der Waals surface area (Å²) < 4.78 is 27.0. The fourth-order valence-electron chi connectivity index (χ4n) is 3.14. The van der Waals surface area contributed by atoms with Crippen molar-refractivity contribution in [2.75, 3.05) is 32.4 Å². The Bertz CT molecular complexity index is 866. The number of hydrogen-bond acceptors (Lipinski definition) is 8. The number of aromatic hydroxyl groups is 1. The highest BCUT2D eigenvalue weighted by atomic mass is 16.7. The third-order valence-electron chi connectivity index (χ3n) is 4.52. The summed E-state index contributed by atoms with van der Waals surface area (Å²) in [5.41, 5.74) is 0.969. The summed E-state index contributed by atoms with van der Waals surface area (Å²) in [6.07, 6.45) is -1.97. The number of anilines is 1. The number of phenols is 1. The van der Waals surface area contributed by atoms with Gasteiger partial charge in [-0.25, -0.2) is 4.79 Å².